The summed E-state index contributed by atoms with van der Waals surface area (Å²) in [7, 11) is 0. The number of carbonyl (C=O) groups is 1. The molecule has 0 fully saturated rings. The van der Waals surface area contributed by atoms with Gasteiger partial charge in [0.1, 0.15) is 5.56 Å². The van der Waals surface area contributed by atoms with E-state index in [1.165, 1.54) is 18.3 Å². The summed E-state index contributed by atoms with van der Waals surface area (Å²) in [5.41, 5.74) is 0.0175. The third-order valence-corrected chi connectivity index (χ3v) is 2.88. The van der Waals surface area contributed by atoms with E-state index in [9.17, 15) is 9.18 Å². The molecule has 0 saturated heterocycles. The van der Waals surface area contributed by atoms with E-state index in [-0.39, 0.29) is 10.6 Å². The van der Waals surface area contributed by atoms with Crippen LogP contribution in [-0.2, 0) is 0 Å². The van der Waals surface area contributed by atoms with Crippen LogP contribution in [0, 0.1) is 5.82 Å². The second kappa shape index (κ2) is 4.92. The van der Waals surface area contributed by atoms with Gasteiger partial charge in [0, 0.05) is 27.4 Å². The number of aromatic nitrogens is 1. The molecule has 3 nitrogen and oxygen atoms in total. The molecule has 0 spiro atoms. The summed E-state index contributed by atoms with van der Waals surface area (Å²) in [4.78, 5) is 14.7. The van der Waals surface area contributed by atoms with Crippen LogP contribution >= 0.6 is 23.2 Å². The molecule has 0 aliphatic heterocycles. The largest absolute Gasteiger partial charge is 0.478 e. The monoisotopic (exact) mass is 285 g/mol. The molecule has 0 saturated carbocycles. The fraction of sp³-hybridized carbons (Fsp3) is 0. The first-order valence-corrected chi connectivity index (χ1v) is 5.58. The van der Waals surface area contributed by atoms with E-state index >= 15 is 0 Å². The third kappa shape index (κ3) is 2.30. The molecule has 0 aliphatic rings. The smallest absolute Gasteiger partial charge is 0.339 e. The highest BCUT2D eigenvalue weighted by Crippen LogP contribution is 2.32. The van der Waals surface area contributed by atoms with Crippen LogP contribution in [-0.4, -0.2) is 16.1 Å². The minimum absolute atomic E-state index is 0.115. The Morgan fingerprint density at radius 2 is 1.94 bits per heavy atom. The van der Waals surface area contributed by atoms with Crippen molar-refractivity contribution in [1.82, 2.24) is 4.98 Å². The molecule has 1 heterocycles. The molecule has 92 valence electrons. The molecular weight excluding hydrogens is 280 g/mol. The van der Waals surface area contributed by atoms with Crippen LogP contribution < -0.4 is 0 Å². The van der Waals surface area contributed by atoms with Crippen LogP contribution in [0.5, 0.6) is 0 Å². The Morgan fingerprint density at radius 3 is 2.56 bits per heavy atom. The lowest BCUT2D eigenvalue weighted by Crippen LogP contribution is -2.04. The van der Waals surface area contributed by atoms with Crippen LogP contribution in [0.1, 0.15) is 10.4 Å². The van der Waals surface area contributed by atoms with Gasteiger partial charge in [-0.15, -0.1) is 0 Å². The standard InChI is InChI=1S/C12H6Cl2FNO2/c13-6-1-2-7(9(14)3-6)8-4-16-5-10(15)11(8)12(17)18/h1-5H,(H,17,18). The van der Waals surface area contributed by atoms with E-state index in [4.69, 9.17) is 28.3 Å². The van der Waals surface area contributed by atoms with Crippen molar-refractivity contribution >= 4 is 29.2 Å². The van der Waals surface area contributed by atoms with Gasteiger partial charge in [-0.2, -0.15) is 0 Å². The van der Waals surface area contributed by atoms with Crippen molar-refractivity contribution in [2.24, 2.45) is 0 Å². The molecule has 1 aromatic carbocycles. The summed E-state index contributed by atoms with van der Waals surface area (Å²) in [6, 6.07) is 4.52. The molecule has 0 aliphatic carbocycles. The summed E-state index contributed by atoms with van der Waals surface area (Å²) in [6.45, 7) is 0. The van der Waals surface area contributed by atoms with Gasteiger partial charge in [0.25, 0.3) is 0 Å². The topological polar surface area (TPSA) is 50.2 Å². The highest BCUT2D eigenvalue weighted by atomic mass is 35.5. The SMILES string of the molecule is O=C(O)c1c(F)cncc1-c1ccc(Cl)cc1Cl. The molecule has 1 N–H and O–H groups in total. The van der Waals surface area contributed by atoms with Crippen molar-refractivity contribution in [3.63, 3.8) is 0 Å². The summed E-state index contributed by atoms with van der Waals surface area (Å²) in [5.74, 6) is -2.29. The Morgan fingerprint density at radius 1 is 1.22 bits per heavy atom. The average molecular weight is 286 g/mol. The van der Waals surface area contributed by atoms with E-state index < -0.39 is 17.3 Å². The molecule has 0 amide bonds. The molecule has 18 heavy (non-hydrogen) atoms. The molecule has 1 aromatic heterocycles. The quantitative estimate of drug-likeness (QED) is 0.911. The number of halogens is 3. The highest BCUT2D eigenvalue weighted by molar-refractivity contribution is 6.36. The Bertz CT molecular complexity index is 631. The van der Waals surface area contributed by atoms with Gasteiger partial charge in [-0.3, -0.25) is 4.98 Å². The molecule has 2 rings (SSSR count). The Balaban J connectivity index is 2.71. The molecule has 0 bridgehead atoms. The van der Waals surface area contributed by atoms with Gasteiger partial charge in [-0.25, -0.2) is 9.18 Å². The average Bonchev–Trinajstić information content (AvgIpc) is 2.28. The van der Waals surface area contributed by atoms with Crippen LogP contribution in [0.3, 0.4) is 0 Å². The lowest BCUT2D eigenvalue weighted by atomic mass is 10.0. The maximum Gasteiger partial charge on any atom is 0.339 e. The van der Waals surface area contributed by atoms with Crippen LogP contribution in [0.4, 0.5) is 4.39 Å². The van der Waals surface area contributed by atoms with Crippen molar-refractivity contribution < 1.29 is 14.3 Å². The first-order chi connectivity index (χ1) is 8.50. The summed E-state index contributed by atoms with van der Waals surface area (Å²) in [5, 5.41) is 9.66. The Kier molecular flexibility index (Phi) is 3.50. The minimum atomic E-state index is -1.38. The van der Waals surface area contributed by atoms with Gasteiger partial charge in [0.2, 0.25) is 0 Å². The third-order valence-electron chi connectivity index (χ3n) is 2.33. The minimum Gasteiger partial charge on any atom is -0.478 e. The van der Waals surface area contributed by atoms with E-state index in [1.54, 1.807) is 6.07 Å². The molecule has 0 atom stereocenters. The molecule has 0 radical (unpaired) electrons. The van der Waals surface area contributed by atoms with Crippen molar-refractivity contribution in [2.45, 2.75) is 0 Å². The van der Waals surface area contributed by atoms with Gasteiger partial charge in [-0.1, -0.05) is 29.3 Å². The number of aromatic carboxylic acids is 1. The predicted molar refractivity (Wildman–Crippen MR) is 66.6 cm³/mol. The van der Waals surface area contributed by atoms with Crippen LogP contribution in [0.2, 0.25) is 10.0 Å². The number of carboxylic acids is 1. The van der Waals surface area contributed by atoms with Crippen LogP contribution in [0.25, 0.3) is 11.1 Å². The number of hydrogen-bond acceptors (Lipinski definition) is 2. The molecular formula is C12H6Cl2FNO2. The normalized spacial score (nSPS) is 10.4. The fourth-order valence-electron chi connectivity index (χ4n) is 1.56. The number of carboxylic acid groups (broad SMARTS) is 1. The number of rotatable bonds is 2. The highest BCUT2D eigenvalue weighted by Gasteiger charge is 2.19. The van der Waals surface area contributed by atoms with E-state index in [0.717, 1.165) is 6.20 Å². The Labute approximate surface area is 112 Å². The summed E-state index contributed by atoms with van der Waals surface area (Å²) >= 11 is 11.7. The van der Waals surface area contributed by atoms with Crippen molar-refractivity contribution in [3.8, 4) is 11.1 Å². The molecule has 6 heteroatoms. The van der Waals surface area contributed by atoms with Crippen LogP contribution in [0.15, 0.2) is 30.6 Å². The van der Waals surface area contributed by atoms with Gasteiger partial charge >= 0.3 is 5.97 Å². The van der Waals surface area contributed by atoms with Gasteiger partial charge in [0.05, 0.1) is 6.20 Å². The second-order valence-corrected chi connectivity index (χ2v) is 4.32. The number of hydrogen-bond donors (Lipinski definition) is 1. The van der Waals surface area contributed by atoms with Crippen molar-refractivity contribution in [1.29, 1.82) is 0 Å². The zero-order valence-corrected chi connectivity index (χ0v) is 10.3. The molecule has 2 aromatic rings. The van der Waals surface area contributed by atoms with Gasteiger partial charge < -0.3 is 5.11 Å². The van der Waals surface area contributed by atoms with E-state index in [1.807, 2.05) is 0 Å². The molecule has 0 unspecified atom stereocenters. The van der Waals surface area contributed by atoms with Crippen molar-refractivity contribution in [2.75, 3.05) is 0 Å². The lowest BCUT2D eigenvalue weighted by molar-refractivity contribution is 0.0692. The summed E-state index contributed by atoms with van der Waals surface area (Å²) < 4.78 is 13.5. The first kappa shape index (κ1) is 12.8. The van der Waals surface area contributed by atoms with E-state index in [0.29, 0.717) is 10.6 Å². The predicted octanol–water partition coefficient (Wildman–Crippen LogP) is 3.89. The lowest BCUT2D eigenvalue weighted by Gasteiger charge is -2.08. The number of pyridine rings is 1. The number of nitrogens with zero attached hydrogens (tertiary/aromatic N) is 1. The zero-order chi connectivity index (χ0) is 13.3. The van der Waals surface area contributed by atoms with Crippen molar-refractivity contribution in [3.05, 3.63) is 52.0 Å². The maximum atomic E-state index is 13.5. The van der Waals surface area contributed by atoms with Gasteiger partial charge in [0.15, 0.2) is 5.82 Å². The van der Waals surface area contributed by atoms with E-state index in [2.05, 4.69) is 4.98 Å². The Hall–Kier alpha value is -1.65. The fourth-order valence-corrected chi connectivity index (χ4v) is 2.07. The van der Waals surface area contributed by atoms with Gasteiger partial charge in [-0.05, 0) is 12.1 Å². The first-order valence-electron chi connectivity index (χ1n) is 4.83. The number of benzene rings is 1. The second-order valence-electron chi connectivity index (χ2n) is 3.47. The maximum absolute atomic E-state index is 13.5. The zero-order valence-electron chi connectivity index (χ0n) is 8.82. The summed E-state index contributed by atoms with van der Waals surface area (Å²) in [6.07, 6.45) is 2.10.